The fraction of sp³-hybridized carbons (Fsp3) is 0. The molecule has 0 bridgehead atoms. The van der Waals surface area contributed by atoms with E-state index >= 15 is 0 Å². The van der Waals surface area contributed by atoms with E-state index in [1.807, 2.05) is 6.07 Å². The summed E-state index contributed by atoms with van der Waals surface area (Å²) in [5, 5.41) is 0. The van der Waals surface area contributed by atoms with Crippen molar-refractivity contribution >= 4 is 11.0 Å². The summed E-state index contributed by atoms with van der Waals surface area (Å²) < 4.78 is 0. The van der Waals surface area contributed by atoms with E-state index in [2.05, 4.69) is 19.9 Å². The Morgan fingerprint density at radius 3 is 2.59 bits per heavy atom. The van der Waals surface area contributed by atoms with Crippen LogP contribution >= 0.6 is 0 Å². The van der Waals surface area contributed by atoms with Crippen LogP contribution in [-0.2, 0) is 0 Å². The summed E-state index contributed by atoms with van der Waals surface area (Å²) in [6, 6.07) is 7.09. The van der Waals surface area contributed by atoms with Gasteiger partial charge >= 0.3 is 11.4 Å². The summed E-state index contributed by atoms with van der Waals surface area (Å²) >= 11 is 0. The molecule has 2 aromatic heterocycles. The van der Waals surface area contributed by atoms with Crippen LogP contribution in [0.15, 0.2) is 40.1 Å². The Hall–Kier alpha value is -2.63. The van der Waals surface area contributed by atoms with Crippen molar-refractivity contribution < 1.29 is 0 Å². The number of fused-ring (bicyclic) bond motifs is 1. The monoisotopic (exact) mass is 228 g/mol. The van der Waals surface area contributed by atoms with Crippen LogP contribution in [0.3, 0.4) is 0 Å². The molecule has 0 aliphatic rings. The molecule has 2 heterocycles. The van der Waals surface area contributed by atoms with Gasteiger partial charge in [-0.25, -0.2) is 14.6 Å². The van der Waals surface area contributed by atoms with Crippen LogP contribution in [-0.4, -0.2) is 19.9 Å². The second-order valence-corrected chi connectivity index (χ2v) is 3.63. The molecule has 17 heavy (non-hydrogen) atoms. The molecule has 3 rings (SSSR count). The van der Waals surface area contributed by atoms with E-state index in [1.54, 1.807) is 18.2 Å². The Morgan fingerprint density at radius 2 is 1.76 bits per heavy atom. The van der Waals surface area contributed by atoms with Gasteiger partial charge < -0.3 is 15.0 Å². The highest BCUT2D eigenvalue weighted by Gasteiger charge is 2.02. The number of imidazole rings is 1. The summed E-state index contributed by atoms with van der Waals surface area (Å²) in [4.78, 5) is 33.7. The highest BCUT2D eigenvalue weighted by Crippen LogP contribution is 2.18. The van der Waals surface area contributed by atoms with Crippen LogP contribution < -0.4 is 11.4 Å². The number of benzene rings is 1. The maximum Gasteiger partial charge on any atom is 0.345 e. The summed E-state index contributed by atoms with van der Waals surface area (Å²) in [5.74, 6) is 0. The zero-order valence-electron chi connectivity index (χ0n) is 8.65. The van der Waals surface area contributed by atoms with Gasteiger partial charge in [-0.3, -0.25) is 0 Å². The molecule has 0 saturated heterocycles. The molecule has 0 atom stereocenters. The number of nitrogens with zero attached hydrogens (tertiary/aromatic N) is 1. The lowest BCUT2D eigenvalue weighted by atomic mass is 10.1. The molecular weight excluding hydrogens is 220 g/mol. The quantitative estimate of drug-likeness (QED) is 0.569. The number of nitrogens with one attached hydrogen (secondary N) is 3. The lowest BCUT2D eigenvalue weighted by Gasteiger charge is -2.00. The summed E-state index contributed by atoms with van der Waals surface area (Å²) in [6.07, 6.45) is 1.44. The minimum atomic E-state index is -0.398. The van der Waals surface area contributed by atoms with E-state index in [1.165, 1.54) is 6.20 Å². The minimum absolute atomic E-state index is 0.250. The molecule has 6 nitrogen and oxygen atoms in total. The van der Waals surface area contributed by atoms with Crippen LogP contribution in [0.25, 0.3) is 22.3 Å². The molecule has 3 N–H and O–H groups in total. The molecule has 0 unspecified atom stereocenters. The van der Waals surface area contributed by atoms with Crippen LogP contribution in [0, 0.1) is 0 Å². The van der Waals surface area contributed by atoms with E-state index in [-0.39, 0.29) is 5.69 Å². The molecule has 0 aliphatic carbocycles. The van der Waals surface area contributed by atoms with Crippen molar-refractivity contribution in [3.05, 3.63) is 51.4 Å². The van der Waals surface area contributed by atoms with Gasteiger partial charge in [0.1, 0.15) is 0 Å². The standard InChI is InChI=1S/C11H8N4O2/c16-10-12-4-3-7(13-10)6-1-2-8-9(5-6)15-11(17)14-8/h1-5H,(H,12,13,16)(H2,14,15,17). The van der Waals surface area contributed by atoms with Gasteiger partial charge in [0.2, 0.25) is 0 Å². The molecule has 0 fully saturated rings. The summed E-state index contributed by atoms with van der Waals surface area (Å²) in [7, 11) is 0. The van der Waals surface area contributed by atoms with Crippen LogP contribution in [0.2, 0.25) is 0 Å². The number of aromatic nitrogens is 4. The van der Waals surface area contributed by atoms with E-state index in [0.29, 0.717) is 11.2 Å². The molecule has 84 valence electrons. The first-order valence-electron chi connectivity index (χ1n) is 5.00. The van der Waals surface area contributed by atoms with Crippen LogP contribution in [0.5, 0.6) is 0 Å². The Labute approximate surface area is 94.4 Å². The number of rotatable bonds is 1. The van der Waals surface area contributed by atoms with Gasteiger partial charge in [-0.2, -0.15) is 0 Å². The highest BCUT2D eigenvalue weighted by molar-refractivity contribution is 5.80. The Bertz CT molecular complexity index is 797. The normalized spacial score (nSPS) is 10.8. The summed E-state index contributed by atoms with van der Waals surface area (Å²) in [5.41, 5.74) is 2.26. The molecule has 6 heteroatoms. The van der Waals surface area contributed by atoms with Crippen molar-refractivity contribution in [2.75, 3.05) is 0 Å². The number of hydrogen-bond donors (Lipinski definition) is 3. The van der Waals surface area contributed by atoms with Crippen molar-refractivity contribution in [3.8, 4) is 11.3 Å². The molecular formula is C11H8N4O2. The van der Waals surface area contributed by atoms with Gasteiger partial charge in [0.05, 0.1) is 16.7 Å². The van der Waals surface area contributed by atoms with Gasteiger partial charge in [0.15, 0.2) is 0 Å². The van der Waals surface area contributed by atoms with Crippen molar-refractivity contribution in [2.24, 2.45) is 0 Å². The highest BCUT2D eigenvalue weighted by atomic mass is 16.1. The Balaban J connectivity index is 2.24. The molecule has 0 saturated carbocycles. The average Bonchev–Trinajstić information content (AvgIpc) is 2.68. The molecule has 0 spiro atoms. The maximum absolute atomic E-state index is 11.1. The third-order valence-corrected chi connectivity index (χ3v) is 2.50. The van der Waals surface area contributed by atoms with Crippen molar-refractivity contribution in [1.29, 1.82) is 0 Å². The summed E-state index contributed by atoms with van der Waals surface area (Å²) in [6.45, 7) is 0. The topological polar surface area (TPSA) is 94.4 Å². The predicted molar refractivity (Wildman–Crippen MR) is 62.8 cm³/mol. The van der Waals surface area contributed by atoms with Gasteiger partial charge in [0, 0.05) is 11.8 Å². The zero-order valence-corrected chi connectivity index (χ0v) is 8.65. The second-order valence-electron chi connectivity index (χ2n) is 3.63. The number of H-pyrrole nitrogens is 3. The molecule has 1 aromatic carbocycles. The number of aromatic amines is 3. The smallest absolute Gasteiger partial charge is 0.306 e. The van der Waals surface area contributed by atoms with Gasteiger partial charge in [-0.1, -0.05) is 6.07 Å². The fourth-order valence-corrected chi connectivity index (χ4v) is 1.74. The molecule has 0 amide bonds. The maximum atomic E-state index is 11.1. The first-order chi connectivity index (χ1) is 8.22. The fourth-order valence-electron chi connectivity index (χ4n) is 1.74. The molecule has 3 aromatic rings. The number of hydrogen-bond acceptors (Lipinski definition) is 3. The SMILES string of the molecule is O=c1nccc(-c2ccc3[nH]c(=O)[nH]c3c2)[nH]1. The second kappa shape index (κ2) is 3.44. The molecule has 0 radical (unpaired) electrons. The van der Waals surface area contributed by atoms with Gasteiger partial charge in [0.25, 0.3) is 0 Å². The first kappa shape index (κ1) is 9.59. The average molecular weight is 228 g/mol. The predicted octanol–water partition coefficient (Wildman–Crippen LogP) is 0.606. The van der Waals surface area contributed by atoms with E-state index in [0.717, 1.165) is 11.1 Å². The van der Waals surface area contributed by atoms with E-state index in [4.69, 9.17) is 0 Å². The third-order valence-electron chi connectivity index (χ3n) is 2.50. The van der Waals surface area contributed by atoms with E-state index < -0.39 is 5.69 Å². The lowest BCUT2D eigenvalue weighted by Crippen LogP contribution is -2.09. The van der Waals surface area contributed by atoms with Gasteiger partial charge in [-0.15, -0.1) is 0 Å². The van der Waals surface area contributed by atoms with Gasteiger partial charge in [-0.05, 0) is 18.2 Å². The van der Waals surface area contributed by atoms with Crippen LogP contribution in [0.4, 0.5) is 0 Å². The van der Waals surface area contributed by atoms with Crippen LogP contribution in [0.1, 0.15) is 0 Å². The van der Waals surface area contributed by atoms with E-state index in [9.17, 15) is 9.59 Å². The molecule has 0 aliphatic heterocycles. The Kier molecular flexibility index (Phi) is 1.94. The Morgan fingerprint density at radius 1 is 0.941 bits per heavy atom. The minimum Gasteiger partial charge on any atom is -0.306 e. The third kappa shape index (κ3) is 1.65. The lowest BCUT2D eigenvalue weighted by molar-refractivity contribution is 1.08. The van der Waals surface area contributed by atoms with Crippen molar-refractivity contribution in [2.45, 2.75) is 0 Å². The zero-order chi connectivity index (χ0) is 11.8. The first-order valence-corrected chi connectivity index (χ1v) is 5.00. The van der Waals surface area contributed by atoms with Crippen molar-refractivity contribution in [3.63, 3.8) is 0 Å². The van der Waals surface area contributed by atoms with Crippen molar-refractivity contribution in [1.82, 2.24) is 19.9 Å². The largest absolute Gasteiger partial charge is 0.345 e.